The lowest BCUT2D eigenvalue weighted by Gasteiger charge is -2.36. The Morgan fingerprint density at radius 2 is 1.88 bits per heavy atom. The van der Waals surface area contributed by atoms with E-state index in [-0.39, 0.29) is 0 Å². The fourth-order valence-corrected chi connectivity index (χ4v) is 3.04. The fraction of sp³-hybridized carbons (Fsp3) is 1.00. The molecule has 0 bridgehead atoms. The van der Waals surface area contributed by atoms with E-state index in [4.69, 9.17) is 0 Å². The lowest BCUT2D eigenvalue weighted by atomic mass is 10.0. The van der Waals surface area contributed by atoms with E-state index in [1.807, 2.05) is 0 Å². The number of nitrogens with zero attached hydrogens (tertiary/aromatic N) is 1. The van der Waals surface area contributed by atoms with E-state index in [2.05, 4.69) is 38.0 Å². The van der Waals surface area contributed by atoms with Crippen LogP contribution in [0.2, 0.25) is 0 Å². The number of hydrogen-bond acceptors (Lipinski definition) is 2. The first-order valence-corrected chi connectivity index (χ1v) is 7.59. The molecule has 0 spiro atoms. The summed E-state index contributed by atoms with van der Waals surface area (Å²) in [5.74, 6) is 0.825. The van der Waals surface area contributed by atoms with Gasteiger partial charge < -0.3 is 5.32 Å². The summed E-state index contributed by atoms with van der Waals surface area (Å²) in [5, 5.41) is 3.37. The van der Waals surface area contributed by atoms with Gasteiger partial charge >= 0.3 is 0 Å². The van der Waals surface area contributed by atoms with Gasteiger partial charge in [-0.3, -0.25) is 4.90 Å². The van der Waals surface area contributed by atoms with Crippen molar-refractivity contribution in [2.45, 2.75) is 71.4 Å². The van der Waals surface area contributed by atoms with Crippen molar-refractivity contribution < 1.29 is 0 Å². The summed E-state index contributed by atoms with van der Waals surface area (Å²) in [6, 6.07) is 1.61. The summed E-state index contributed by atoms with van der Waals surface area (Å²) in [6.07, 6.45) is 8.36. The van der Waals surface area contributed by atoms with Gasteiger partial charge in [-0.05, 0) is 45.2 Å². The Balaban J connectivity index is 2.55. The maximum absolute atomic E-state index is 3.37. The van der Waals surface area contributed by atoms with Gasteiger partial charge in [0.1, 0.15) is 0 Å². The van der Waals surface area contributed by atoms with Crippen LogP contribution < -0.4 is 5.32 Å². The predicted octanol–water partition coefficient (Wildman–Crippen LogP) is 3.28. The van der Waals surface area contributed by atoms with Gasteiger partial charge in [-0.25, -0.2) is 0 Å². The van der Waals surface area contributed by atoms with Gasteiger partial charge in [0.05, 0.1) is 0 Å². The van der Waals surface area contributed by atoms with Gasteiger partial charge in [0.2, 0.25) is 0 Å². The van der Waals surface area contributed by atoms with Crippen LogP contribution in [-0.2, 0) is 0 Å². The fourth-order valence-electron chi connectivity index (χ4n) is 3.04. The predicted molar refractivity (Wildman–Crippen MR) is 76.4 cm³/mol. The van der Waals surface area contributed by atoms with Crippen LogP contribution in [0.5, 0.6) is 0 Å². The van der Waals surface area contributed by atoms with Crippen molar-refractivity contribution in [2.75, 3.05) is 20.1 Å². The zero-order chi connectivity index (χ0) is 12.7. The van der Waals surface area contributed by atoms with E-state index >= 15 is 0 Å². The number of nitrogens with one attached hydrogen (secondary N) is 1. The Morgan fingerprint density at radius 3 is 2.35 bits per heavy atom. The molecule has 1 saturated carbocycles. The van der Waals surface area contributed by atoms with Crippen molar-refractivity contribution in [3.63, 3.8) is 0 Å². The second-order valence-corrected chi connectivity index (χ2v) is 5.98. The van der Waals surface area contributed by atoms with E-state index in [0.717, 1.165) is 24.5 Å². The van der Waals surface area contributed by atoms with Crippen molar-refractivity contribution in [1.29, 1.82) is 0 Å². The summed E-state index contributed by atoms with van der Waals surface area (Å²) < 4.78 is 0. The second-order valence-electron chi connectivity index (χ2n) is 5.98. The Bertz CT molecular complexity index is 185. The summed E-state index contributed by atoms with van der Waals surface area (Å²) in [5.41, 5.74) is 0. The summed E-state index contributed by atoms with van der Waals surface area (Å²) >= 11 is 0. The molecular formula is C15H32N2. The van der Waals surface area contributed by atoms with Crippen LogP contribution in [-0.4, -0.2) is 37.1 Å². The molecule has 1 rings (SSSR count). The third kappa shape index (κ3) is 4.97. The molecular weight excluding hydrogens is 208 g/mol. The zero-order valence-corrected chi connectivity index (χ0v) is 12.3. The van der Waals surface area contributed by atoms with Crippen LogP contribution in [0.4, 0.5) is 0 Å². The number of hydrogen-bond donors (Lipinski definition) is 1. The van der Waals surface area contributed by atoms with Gasteiger partial charge in [-0.2, -0.15) is 0 Å². The molecule has 0 aromatic rings. The monoisotopic (exact) mass is 240 g/mol. The normalized spacial score (nSPS) is 19.4. The lowest BCUT2D eigenvalue weighted by molar-refractivity contribution is 0.123. The molecule has 1 atom stereocenters. The van der Waals surface area contributed by atoms with Crippen molar-refractivity contribution in [3.8, 4) is 0 Å². The van der Waals surface area contributed by atoms with Gasteiger partial charge in [0.25, 0.3) is 0 Å². The van der Waals surface area contributed by atoms with Crippen LogP contribution in [0.25, 0.3) is 0 Å². The van der Waals surface area contributed by atoms with Gasteiger partial charge in [-0.15, -0.1) is 0 Å². The molecule has 0 aromatic heterocycles. The quantitative estimate of drug-likeness (QED) is 0.700. The van der Waals surface area contributed by atoms with E-state index in [0.29, 0.717) is 0 Å². The van der Waals surface area contributed by atoms with Gasteiger partial charge in [0.15, 0.2) is 0 Å². The van der Waals surface area contributed by atoms with Gasteiger partial charge in [-0.1, -0.05) is 33.6 Å². The van der Waals surface area contributed by atoms with Crippen LogP contribution in [0, 0.1) is 5.92 Å². The maximum Gasteiger partial charge on any atom is 0.0220 e. The van der Waals surface area contributed by atoms with Crippen molar-refractivity contribution in [2.24, 2.45) is 5.92 Å². The third-order valence-electron chi connectivity index (χ3n) is 4.14. The second kappa shape index (κ2) is 8.10. The average molecular weight is 240 g/mol. The number of rotatable bonds is 8. The van der Waals surface area contributed by atoms with Crippen molar-refractivity contribution >= 4 is 0 Å². The Hall–Kier alpha value is -0.0800. The first-order valence-electron chi connectivity index (χ1n) is 7.59. The Labute approximate surface area is 108 Å². The highest BCUT2D eigenvalue weighted by molar-refractivity contribution is 4.83. The van der Waals surface area contributed by atoms with Crippen molar-refractivity contribution in [1.82, 2.24) is 10.2 Å². The highest BCUT2D eigenvalue weighted by Gasteiger charge is 2.27. The van der Waals surface area contributed by atoms with Crippen LogP contribution in [0.15, 0.2) is 0 Å². The molecule has 0 amide bonds. The zero-order valence-electron chi connectivity index (χ0n) is 12.3. The molecule has 1 aliphatic rings. The van der Waals surface area contributed by atoms with E-state index in [1.165, 1.54) is 45.1 Å². The molecule has 102 valence electrons. The molecule has 0 radical (unpaired) electrons. The van der Waals surface area contributed by atoms with Crippen LogP contribution in [0.3, 0.4) is 0 Å². The molecule has 0 aliphatic heterocycles. The largest absolute Gasteiger partial charge is 0.318 e. The molecule has 1 N–H and O–H groups in total. The number of likely N-dealkylation sites (N-methyl/N-ethyl adjacent to an activating group) is 1. The minimum atomic E-state index is 0.738. The third-order valence-corrected chi connectivity index (χ3v) is 4.14. The average Bonchev–Trinajstić information content (AvgIpc) is 2.81. The molecule has 2 heteroatoms. The topological polar surface area (TPSA) is 15.3 Å². The first-order chi connectivity index (χ1) is 8.19. The van der Waals surface area contributed by atoms with Gasteiger partial charge in [0, 0.05) is 18.6 Å². The Morgan fingerprint density at radius 1 is 1.24 bits per heavy atom. The Kier molecular flexibility index (Phi) is 7.14. The molecule has 1 fully saturated rings. The molecule has 1 aliphatic carbocycles. The summed E-state index contributed by atoms with van der Waals surface area (Å²) in [7, 11) is 2.08. The molecule has 1 unspecified atom stereocenters. The summed E-state index contributed by atoms with van der Waals surface area (Å²) in [6.45, 7) is 9.45. The smallest absolute Gasteiger partial charge is 0.0220 e. The molecule has 0 heterocycles. The first kappa shape index (κ1) is 15.0. The lowest BCUT2D eigenvalue weighted by Crippen LogP contribution is -2.47. The molecule has 2 nitrogen and oxygen atoms in total. The standard InChI is InChI=1S/C15H32N2/c1-5-14(12-16-4)17(11-10-13(2)3)15-8-6-7-9-15/h13-16H,5-12H2,1-4H3. The van der Waals surface area contributed by atoms with Crippen molar-refractivity contribution in [3.05, 3.63) is 0 Å². The highest BCUT2D eigenvalue weighted by atomic mass is 15.2. The highest BCUT2D eigenvalue weighted by Crippen LogP contribution is 2.26. The molecule has 17 heavy (non-hydrogen) atoms. The van der Waals surface area contributed by atoms with E-state index < -0.39 is 0 Å². The van der Waals surface area contributed by atoms with Crippen LogP contribution in [0.1, 0.15) is 59.3 Å². The molecule has 0 saturated heterocycles. The SMILES string of the molecule is CCC(CNC)N(CCC(C)C)C1CCCC1. The minimum Gasteiger partial charge on any atom is -0.318 e. The van der Waals surface area contributed by atoms with Crippen LogP contribution >= 0.6 is 0 Å². The van der Waals surface area contributed by atoms with E-state index in [9.17, 15) is 0 Å². The minimum absolute atomic E-state index is 0.738. The maximum atomic E-state index is 3.37. The van der Waals surface area contributed by atoms with E-state index in [1.54, 1.807) is 0 Å². The molecule has 0 aromatic carbocycles. The summed E-state index contributed by atoms with van der Waals surface area (Å²) in [4.78, 5) is 2.81.